The SMILES string of the molecule is CC#Cc1cc(C)c(CC(=O)O)c(Br)c1. The van der Waals surface area contributed by atoms with Crippen LogP contribution >= 0.6 is 15.9 Å². The lowest BCUT2D eigenvalue weighted by Gasteiger charge is -2.06. The molecule has 0 aliphatic carbocycles. The van der Waals surface area contributed by atoms with Gasteiger partial charge in [0, 0.05) is 10.0 Å². The van der Waals surface area contributed by atoms with Crippen molar-refractivity contribution in [2.45, 2.75) is 20.3 Å². The third-order valence-corrected chi connectivity index (χ3v) is 2.72. The normalized spacial score (nSPS) is 9.27. The van der Waals surface area contributed by atoms with Crippen molar-refractivity contribution in [1.29, 1.82) is 0 Å². The van der Waals surface area contributed by atoms with Crippen LogP contribution in [0.1, 0.15) is 23.6 Å². The molecule has 2 nitrogen and oxygen atoms in total. The van der Waals surface area contributed by atoms with Crippen LogP contribution in [0.2, 0.25) is 0 Å². The highest BCUT2D eigenvalue weighted by molar-refractivity contribution is 9.10. The largest absolute Gasteiger partial charge is 0.481 e. The summed E-state index contributed by atoms with van der Waals surface area (Å²) in [6.07, 6.45) is 0.0340. The van der Waals surface area contributed by atoms with Crippen molar-refractivity contribution in [3.05, 3.63) is 33.3 Å². The van der Waals surface area contributed by atoms with Crippen LogP contribution < -0.4 is 0 Å². The number of hydrogen-bond donors (Lipinski definition) is 1. The molecule has 0 saturated heterocycles. The minimum Gasteiger partial charge on any atom is -0.481 e. The van der Waals surface area contributed by atoms with Gasteiger partial charge in [-0.2, -0.15) is 0 Å². The molecule has 0 fully saturated rings. The van der Waals surface area contributed by atoms with Crippen molar-refractivity contribution >= 4 is 21.9 Å². The highest BCUT2D eigenvalue weighted by Gasteiger charge is 2.09. The molecule has 15 heavy (non-hydrogen) atoms. The van der Waals surface area contributed by atoms with E-state index in [1.807, 2.05) is 19.1 Å². The fraction of sp³-hybridized carbons (Fsp3) is 0.250. The van der Waals surface area contributed by atoms with E-state index >= 15 is 0 Å². The molecule has 1 aromatic rings. The van der Waals surface area contributed by atoms with Gasteiger partial charge in [0.2, 0.25) is 0 Å². The number of carboxylic acid groups (broad SMARTS) is 1. The molecular weight excluding hydrogens is 256 g/mol. The smallest absolute Gasteiger partial charge is 0.307 e. The van der Waals surface area contributed by atoms with E-state index in [4.69, 9.17) is 5.11 Å². The van der Waals surface area contributed by atoms with Gasteiger partial charge < -0.3 is 5.11 Å². The maximum atomic E-state index is 10.6. The second-order valence-electron chi connectivity index (χ2n) is 3.20. The van der Waals surface area contributed by atoms with Crippen molar-refractivity contribution in [2.75, 3.05) is 0 Å². The summed E-state index contributed by atoms with van der Waals surface area (Å²) in [5, 5.41) is 8.74. The Morgan fingerprint density at radius 3 is 2.67 bits per heavy atom. The molecular formula is C12H11BrO2. The molecule has 0 aliphatic rings. The first-order chi connectivity index (χ1) is 7.04. The van der Waals surface area contributed by atoms with E-state index < -0.39 is 5.97 Å². The number of halogens is 1. The molecule has 0 aliphatic heterocycles. The van der Waals surface area contributed by atoms with E-state index in [9.17, 15) is 4.79 Å². The minimum atomic E-state index is -0.826. The Kier molecular flexibility index (Phi) is 3.93. The minimum absolute atomic E-state index is 0.0340. The first-order valence-corrected chi connectivity index (χ1v) is 5.27. The molecule has 0 bridgehead atoms. The van der Waals surface area contributed by atoms with Gasteiger partial charge in [0.1, 0.15) is 0 Å². The Morgan fingerprint density at radius 2 is 2.20 bits per heavy atom. The summed E-state index contributed by atoms with van der Waals surface area (Å²) in [6, 6.07) is 3.75. The van der Waals surface area contributed by atoms with E-state index in [-0.39, 0.29) is 6.42 Å². The zero-order valence-corrected chi connectivity index (χ0v) is 10.2. The molecule has 78 valence electrons. The molecule has 0 atom stereocenters. The number of carbonyl (C=O) groups is 1. The Bertz CT molecular complexity index is 429. The van der Waals surface area contributed by atoms with Crippen molar-refractivity contribution in [3.8, 4) is 11.8 Å². The predicted molar refractivity (Wildman–Crippen MR) is 62.8 cm³/mol. The van der Waals surface area contributed by atoms with Gasteiger partial charge in [0.05, 0.1) is 6.42 Å². The van der Waals surface area contributed by atoms with E-state index in [0.29, 0.717) is 0 Å². The fourth-order valence-corrected chi connectivity index (χ4v) is 2.07. The first-order valence-electron chi connectivity index (χ1n) is 4.48. The zero-order chi connectivity index (χ0) is 11.4. The number of carboxylic acids is 1. The average Bonchev–Trinajstić information content (AvgIpc) is 2.11. The Morgan fingerprint density at radius 1 is 1.53 bits per heavy atom. The number of benzene rings is 1. The highest BCUT2D eigenvalue weighted by Crippen LogP contribution is 2.23. The Hall–Kier alpha value is -1.27. The predicted octanol–water partition coefficient (Wildman–Crippen LogP) is 2.76. The topological polar surface area (TPSA) is 37.3 Å². The summed E-state index contributed by atoms with van der Waals surface area (Å²) in [7, 11) is 0. The van der Waals surface area contributed by atoms with Gasteiger partial charge in [0.15, 0.2) is 0 Å². The standard InChI is InChI=1S/C12H11BrO2/c1-3-4-9-5-8(2)10(7-12(14)15)11(13)6-9/h5-6H,7H2,1-2H3,(H,14,15). The van der Waals surface area contributed by atoms with Gasteiger partial charge in [-0.1, -0.05) is 21.9 Å². The van der Waals surface area contributed by atoms with E-state index in [1.54, 1.807) is 6.92 Å². The molecule has 0 radical (unpaired) electrons. The second kappa shape index (κ2) is 4.99. The quantitative estimate of drug-likeness (QED) is 0.836. The van der Waals surface area contributed by atoms with E-state index in [2.05, 4.69) is 27.8 Å². The van der Waals surface area contributed by atoms with Gasteiger partial charge in [-0.25, -0.2) is 0 Å². The number of hydrogen-bond acceptors (Lipinski definition) is 1. The van der Waals surface area contributed by atoms with Gasteiger partial charge in [0.25, 0.3) is 0 Å². The van der Waals surface area contributed by atoms with Crippen molar-refractivity contribution in [2.24, 2.45) is 0 Å². The first kappa shape index (κ1) is 11.8. The molecule has 1 aromatic carbocycles. The zero-order valence-electron chi connectivity index (χ0n) is 8.60. The van der Waals surface area contributed by atoms with Crippen molar-refractivity contribution in [1.82, 2.24) is 0 Å². The van der Waals surface area contributed by atoms with Crippen LogP contribution in [0.25, 0.3) is 0 Å². The van der Waals surface area contributed by atoms with Crippen molar-refractivity contribution in [3.63, 3.8) is 0 Å². The van der Waals surface area contributed by atoms with Crippen LogP contribution in [0, 0.1) is 18.8 Å². The van der Waals surface area contributed by atoms with Crippen molar-refractivity contribution < 1.29 is 9.90 Å². The third-order valence-electron chi connectivity index (χ3n) is 2.02. The lowest BCUT2D eigenvalue weighted by molar-refractivity contribution is -0.136. The molecule has 0 saturated carbocycles. The summed E-state index contributed by atoms with van der Waals surface area (Å²) in [5.41, 5.74) is 2.66. The molecule has 0 heterocycles. The number of aliphatic carboxylic acids is 1. The van der Waals surface area contributed by atoms with E-state index in [1.165, 1.54) is 0 Å². The van der Waals surface area contributed by atoms with Crippen LogP contribution in [0.15, 0.2) is 16.6 Å². The summed E-state index contributed by atoms with van der Waals surface area (Å²) < 4.78 is 0.808. The maximum Gasteiger partial charge on any atom is 0.307 e. The molecule has 0 aromatic heterocycles. The molecule has 0 spiro atoms. The average molecular weight is 267 g/mol. The summed E-state index contributed by atoms with van der Waals surface area (Å²) in [6.45, 7) is 3.66. The summed E-state index contributed by atoms with van der Waals surface area (Å²) in [4.78, 5) is 10.6. The number of aryl methyl sites for hydroxylation is 1. The van der Waals surface area contributed by atoms with Crippen LogP contribution in [-0.4, -0.2) is 11.1 Å². The van der Waals surface area contributed by atoms with Gasteiger partial charge >= 0.3 is 5.97 Å². The molecule has 1 rings (SSSR count). The highest BCUT2D eigenvalue weighted by atomic mass is 79.9. The third kappa shape index (κ3) is 3.10. The molecule has 3 heteroatoms. The van der Waals surface area contributed by atoms with Crippen LogP contribution in [0.4, 0.5) is 0 Å². The second-order valence-corrected chi connectivity index (χ2v) is 4.05. The Labute approximate surface area is 97.4 Å². The van der Waals surface area contributed by atoms with E-state index in [0.717, 1.165) is 21.2 Å². The monoisotopic (exact) mass is 266 g/mol. The van der Waals surface area contributed by atoms with Gasteiger partial charge in [-0.3, -0.25) is 4.79 Å². The van der Waals surface area contributed by atoms with Crippen LogP contribution in [0.3, 0.4) is 0 Å². The molecule has 0 amide bonds. The fourth-order valence-electron chi connectivity index (χ4n) is 1.37. The molecule has 0 unspecified atom stereocenters. The summed E-state index contributed by atoms with van der Waals surface area (Å²) >= 11 is 3.37. The van der Waals surface area contributed by atoms with Gasteiger partial charge in [-0.15, -0.1) is 5.92 Å². The lowest BCUT2D eigenvalue weighted by atomic mass is 10.0. The van der Waals surface area contributed by atoms with Gasteiger partial charge in [-0.05, 0) is 37.1 Å². The number of rotatable bonds is 2. The maximum absolute atomic E-state index is 10.6. The van der Waals surface area contributed by atoms with Crippen LogP contribution in [-0.2, 0) is 11.2 Å². The summed E-state index contributed by atoms with van der Waals surface area (Å²) in [5.74, 6) is 4.93. The van der Waals surface area contributed by atoms with Crippen LogP contribution in [0.5, 0.6) is 0 Å². The molecule has 1 N–H and O–H groups in total. The lowest BCUT2D eigenvalue weighted by Crippen LogP contribution is -2.03. The Balaban J connectivity index is 3.18.